The van der Waals surface area contributed by atoms with Crippen LogP contribution in [0.5, 0.6) is 0 Å². The highest BCUT2D eigenvalue weighted by molar-refractivity contribution is 7.16. The Bertz CT molecular complexity index is 653. The van der Waals surface area contributed by atoms with Crippen LogP contribution in [-0.2, 0) is 6.42 Å². The number of halogens is 1. The molecule has 0 radical (unpaired) electrons. The molecule has 0 bridgehead atoms. The Morgan fingerprint density at radius 2 is 2.05 bits per heavy atom. The highest BCUT2D eigenvalue weighted by Gasteiger charge is 2.09. The van der Waals surface area contributed by atoms with E-state index >= 15 is 0 Å². The monoisotopic (exact) mass is 275 g/mol. The number of aryl methyl sites for hydroxylation is 1. The van der Waals surface area contributed by atoms with Crippen molar-refractivity contribution in [3.05, 3.63) is 41.3 Å². The quantitative estimate of drug-likeness (QED) is 0.722. The van der Waals surface area contributed by atoms with Crippen molar-refractivity contribution in [3.63, 3.8) is 0 Å². The van der Waals surface area contributed by atoms with Crippen molar-refractivity contribution in [2.75, 3.05) is 0 Å². The Morgan fingerprint density at radius 1 is 1.26 bits per heavy atom. The van der Waals surface area contributed by atoms with E-state index < -0.39 is 0 Å². The first-order chi connectivity index (χ1) is 9.26. The van der Waals surface area contributed by atoms with Gasteiger partial charge in [-0.3, -0.25) is 0 Å². The van der Waals surface area contributed by atoms with Crippen LogP contribution in [0.15, 0.2) is 30.5 Å². The molecule has 0 atom stereocenters. The minimum absolute atomic E-state index is 0.232. The number of unbranched alkanes of at least 4 members (excludes halogenated alkanes) is 1. The molecule has 2 aromatic heterocycles. The molecule has 0 amide bonds. The van der Waals surface area contributed by atoms with Gasteiger partial charge in [0.1, 0.15) is 10.8 Å². The summed E-state index contributed by atoms with van der Waals surface area (Å²) in [4.78, 5) is 5.43. The van der Waals surface area contributed by atoms with E-state index in [1.54, 1.807) is 23.5 Å². The van der Waals surface area contributed by atoms with Crippen LogP contribution in [0.2, 0.25) is 0 Å². The van der Waals surface area contributed by atoms with E-state index in [4.69, 9.17) is 0 Å². The Kier molecular flexibility index (Phi) is 3.29. The number of benzene rings is 1. The minimum Gasteiger partial charge on any atom is -0.217 e. The second-order valence-corrected chi connectivity index (χ2v) is 5.50. The van der Waals surface area contributed by atoms with E-state index in [9.17, 15) is 4.39 Å². The van der Waals surface area contributed by atoms with Crippen molar-refractivity contribution in [1.82, 2.24) is 14.6 Å². The summed E-state index contributed by atoms with van der Waals surface area (Å²) in [6, 6.07) is 6.37. The van der Waals surface area contributed by atoms with Crippen LogP contribution in [0.4, 0.5) is 4.39 Å². The maximum atomic E-state index is 12.9. The zero-order valence-corrected chi connectivity index (χ0v) is 11.5. The summed E-state index contributed by atoms with van der Waals surface area (Å²) in [5.41, 5.74) is 1.75. The molecule has 98 valence electrons. The Balaban J connectivity index is 1.90. The van der Waals surface area contributed by atoms with Crippen LogP contribution in [0.3, 0.4) is 0 Å². The summed E-state index contributed by atoms with van der Waals surface area (Å²) >= 11 is 1.62. The maximum absolute atomic E-state index is 12.9. The average molecular weight is 275 g/mol. The third kappa shape index (κ3) is 2.51. The molecule has 0 spiro atoms. The molecule has 0 fully saturated rings. The van der Waals surface area contributed by atoms with Gasteiger partial charge in [0.05, 0.1) is 11.9 Å². The highest BCUT2D eigenvalue weighted by Crippen LogP contribution is 2.23. The number of fused-ring (bicyclic) bond motifs is 1. The average Bonchev–Trinajstić information content (AvgIpc) is 2.95. The maximum Gasteiger partial charge on any atom is 0.212 e. The lowest BCUT2D eigenvalue weighted by molar-refractivity contribution is 0.628. The lowest BCUT2D eigenvalue weighted by Crippen LogP contribution is -1.86. The Labute approximate surface area is 114 Å². The number of imidazole rings is 1. The van der Waals surface area contributed by atoms with Crippen molar-refractivity contribution in [2.45, 2.75) is 26.2 Å². The SMILES string of the molecule is CCCCc1nn2cc(-c3ccc(F)cc3)nc2s1. The summed E-state index contributed by atoms with van der Waals surface area (Å²) in [5, 5.41) is 5.63. The van der Waals surface area contributed by atoms with Gasteiger partial charge in [-0.25, -0.2) is 13.9 Å². The third-order valence-corrected chi connectivity index (χ3v) is 3.95. The lowest BCUT2D eigenvalue weighted by atomic mass is 10.2. The molecule has 19 heavy (non-hydrogen) atoms. The normalized spacial score (nSPS) is 11.3. The molecular formula is C14H14FN3S. The van der Waals surface area contributed by atoms with Crippen molar-refractivity contribution in [2.24, 2.45) is 0 Å². The third-order valence-electron chi connectivity index (χ3n) is 2.97. The first-order valence-electron chi connectivity index (χ1n) is 6.37. The van der Waals surface area contributed by atoms with Gasteiger partial charge < -0.3 is 0 Å². The van der Waals surface area contributed by atoms with Gasteiger partial charge in [-0.1, -0.05) is 24.7 Å². The summed E-state index contributed by atoms with van der Waals surface area (Å²) in [5.74, 6) is -0.232. The molecule has 0 N–H and O–H groups in total. The van der Waals surface area contributed by atoms with Gasteiger partial charge in [-0.2, -0.15) is 5.10 Å². The van der Waals surface area contributed by atoms with Gasteiger partial charge in [0.2, 0.25) is 4.96 Å². The predicted molar refractivity (Wildman–Crippen MR) is 74.9 cm³/mol. The molecule has 1 aromatic carbocycles. The number of aromatic nitrogens is 3. The van der Waals surface area contributed by atoms with E-state index in [1.807, 2.05) is 10.7 Å². The second kappa shape index (κ2) is 5.09. The molecule has 0 unspecified atom stereocenters. The predicted octanol–water partition coefficient (Wildman–Crippen LogP) is 3.94. The fourth-order valence-corrected chi connectivity index (χ4v) is 2.85. The second-order valence-electron chi connectivity index (χ2n) is 4.46. The van der Waals surface area contributed by atoms with Crippen molar-refractivity contribution in [3.8, 4) is 11.3 Å². The van der Waals surface area contributed by atoms with Crippen LogP contribution < -0.4 is 0 Å². The first kappa shape index (κ1) is 12.3. The standard InChI is InChI=1S/C14H14FN3S/c1-2-3-4-13-17-18-9-12(16-14(18)19-13)10-5-7-11(15)8-6-10/h5-9H,2-4H2,1H3. The first-order valence-corrected chi connectivity index (χ1v) is 7.19. The molecule has 5 heteroatoms. The number of hydrogen-bond donors (Lipinski definition) is 0. The van der Waals surface area contributed by atoms with Crippen LogP contribution in [0.25, 0.3) is 16.2 Å². The topological polar surface area (TPSA) is 30.2 Å². The summed E-state index contributed by atoms with van der Waals surface area (Å²) in [7, 11) is 0. The van der Waals surface area contributed by atoms with Gasteiger partial charge in [0.25, 0.3) is 0 Å². The molecule has 0 aliphatic rings. The molecule has 0 aliphatic carbocycles. The number of rotatable bonds is 4. The van der Waals surface area contributed by atoms with E-state index in [2.05, 4.69) is 17.0 Å². The van der Waals surface area contributed by atoms with E-state index in [0.717, 1.165) is 34.1 Å². The fraction of sp³-hybridized carbons (Fsp3) is 0.286. The molecule has 3 aromatic rings. The van der Waals surface area contributed by atoms with E-state index in [0.29, 0.717) is 0 Å². The van der Waals surface area contributed by atoms with Crippen LogP contribution >= 0.6 is 11.3 Å². The van der Waals surface area contributed by atoms with Gasteiger partial charge in [0, 0.05) is 12.0 Å². The van der Waals surface area contributed by atoms with Crippen LogP contribution in [0.1, 0.15) is 24.8 Å². The van der Waals surface area contributed by atoms with Gasteiger partial charge in [-0.15, -0.1) is 0 Å². The number of nitrogens with zero attached hydrogens (tertiary/aromatic N) is 3. The minimum atomic E-state index is -0.232. The van der Waals surface area contributed by atoms with Gasteiger partial charge in [-0.05, 0) is 30.7 Å². The largest absolute Gasteiger partial charge is 0.217 e. The molecule has 0 saturated carbocycles. The molecule has 0 saturated heterocycles. The van der Waals surface area contributed by atoms with E-state index in [1.165, 1.54) is 18.6 Å². The molecule has 3 nitrogen and oxygen atoms in total. The van der Waals surface area contributed by atoms with Crippen molar-refractivity contribution >= 4 is 16.3 Å². The molecule has 0 aliphatic heterocycles. The Morgan fingerprint density at radius 3 is 2.74 bits per heavy atom. The van der Waals surface area contributed by atoms with Crippen molar-refractivity contribution in [1.29, 1.82) is 0 Å². The Hall–Kier alpha value is -1.75. The molecule has 3 rings (SSSR count). The number of hydrogen-bond acceptors (Lipinski definition) is 3. The molecule has 2 heterocycles. The summed E-state index contributed by atoms with van der Waals surface area (Å²) < 4.78 is 14.7. The zero-order valence-electron chi connectivity index (χ0n) is 10.6. The smallest absolute Gasteiger partial charge is 0.212 e. The van der Waals surface area contributed by atoms with E-state index in [-0.39, 0.29) is 5.82 Å². The summed E-state index contributed by atoms with van der Waals surface area (Å²) in [6.07, 6.45) is 5.23. The molecular weight excluding hydrogens is 261 g/mol. The van der Waals surface area contributed by atoms with Gasteiger partial charge >= 0.3 is 0 Å². The van der Waals surface area contributed by atoms with Crippen LogP contribution in [-0.4, -0.2) is 14.6 Å². The zero-order chi connectivity index (χ0) is 13.2. The lowest BCUT2D eigenvalue weighted by Gasteiger charge is -1.95. The highest BCUT2D eigenvalue weighted by atomic mass is 32.1. The summed E-state index contributed by atoms with van der Waals surface area (Å²) in [6.45, 7) is 2.17. The van der Waals surface area contributed by atoms with Gasteiger partial charge in [0.15, 0.2) is 0 Å². The van der Waals surface area contributed by atoms with Crippen molar-refractivity contribution < 1.29 is 4.39 Å². The van der Waals surface area contributed by atoms with Crippen LogP contribution in [0, 0.1) is 5.82 Å². The fourth-order valence-electron chi connectivity index (χ4n) is 1.93.